The average Bonchev–Trinajstić information content (AvgIpc) is 2.43. The molecule has 1 aromatic carbocycles. The minimum absolute atomic E-state index is 0.154. The third-order valence-electron chi connectivity index (χ3n) is 2.40. The summed E-state index contributed by atoms with van der Waals surface area (Å²) in [6.45, 7) is 1.73. The van der Waals surface area contributed by atoms with Crippen LogP contribution in [0.2, 0.25) is 0 Å². The van der Waals surface area contributed by atoms with Crippen LogP contribution in [0.3, 0.4) is 0 Å². The number of nitrogens with zero attached hydrogens (tertiary/aromatic N) is 1. The third kappa shape index (κ3) is 4.03. The Kier molecular flexibility index (Phi) is 4.68. The normalized spacial score (nSPS) is 11.8. The van der Waals surface area contributed by atoms with E-state index in [-0.39, 0.29) is 16.6 Å². The van der Waals surface area contributed by atoms with Crippen LogP contribution >= 0.6 is 15.9 Å². The van der Waals surface area contributed by atoms with Gasteiger partial charge in [-0.25, -0.2) is 9.37 Å². The van der Waals surface area contributed by atoms with E-state index in [1.807, 2.05) is 0 Å². The molecule has 0 bridgehead atoms. The van der Waals surface area contributed by atoms with E-state index in [1.165, 1.54) is 30.5 Å². The Morgan fingerprint density at radius 2 is 2.00 bits per heavy atom. The molecule has 0 spiro atoms. The number of halogens is 2. The number of hydrogen-bond donors (Lipinski definition) is 1. The molecule has 2 aromatic rings. The number of nitrogens with one attached hydrogen (secondary N) is 1. The molecule has 6 heteroatoms. The van der Waals surface area contributed by atoms with Crippen molar-refractivity contribution in [2.75, 3.05) is 5.32 Å². The van der Waals surface area contributed by atoms with Gasteiger partial charge in [-0.2, -0.15) is 0 Å². The smallest absolute Gasteiger partial charge is 0.237 e. The number of anilines is 1. The van der Waals surface area contributed by atoms with Gasteiger partial charge in [-0.15, -0.1) is 0 Å². The second kappa shape index (κ2) is 6.47. The molecular weight excluding hydrogens is 327 g/mol. The van der Waals surface area contributed by atoms with Gasteiger partial charge in [0.15, 0.2) is 0 Å². The number of pyridine rings is 1. The van der Waals surface area contributed by atoms with Crippen LogP contribution in [0.1, 0.15) is 6.92 Å². The SMILES string of the molecule is C[C@H](Br)C(=O)Nc1ccc(Oc2ccc(F)cc2)nc1. The number of aromatic nitrogens is 1. The van der Waals surface area contributed by atoms with E-state index < -0.39 is 0 Å². The van der Waals surface area contributed by atoms with Gasteiger partial charge in [0, 0.05) is 6.07 Å². The minimum atomic E-state index is -0.327. The van der Waals surface area contributed by atoms with Gasteiger partial charge in [0.2, 0.25) is 11.8 Å². The fourth-order valence-electron chi connectivity index (χ4n) is 1.38. The first-order chi connectivity index (χ1) is 9.54. The molecule has 1 aromatic heterocycles. The molecule has 0 aliphatic heterocycles. The highest BCUT2D eigenvalue weighted by Crippen LogP contribution is 2.20. The molecule has 0 fully saturated rings. The fraction of sp³-hybridized carbons (Fsp3) is 0.143. The largest absolute Gasteiger partial charge is 0.439 e. The van der Waals surface area contributed by atoms with Crippen molar-refractivity contribution in [2.45, 2.75) is 11.8 Å². The standard InChI is InChI=1S/C14H12BrFN2O2/c1-9(15)14(19)18-11-4-7-13(17-8-11)20-12-5-2-10(16)3-6-12/h2-9H,1H3,(H,18,19)/t9-/m0/s1. The van der Waals surface area contributed by atoms with Gasteiger partial charge in [-0.05, 0) is 37.3 Å². The number of rotatable bonds is 4. The maximum atomic E-state index is 12.7. The van der Waals surface area contributed by atoms with Crippen molar-refractivity contribution >= 4 is 27.5 Å². The lowest BCUT2D eigenvalue weighted by molar-refractivity contribution is -0.115. The minimum Gasteiger partial charge on any atom is -0.439 e. The first-order valence-corrected chi connectivity index (χ1v) is 6.80. The van der Waals surface area contributed by atoms with E-state index in [2.05, 4.69) is 26.2 Å². The molecule has 1 amide bonds. The maximum absolute atomic E-state index is 12.7. The molecule has 1 heterocycles. The van der Waals surface area contributed by atoms with E-state index in [1.54, 1.807) is 19.1 Å². The monoisotopic (exact) mass is 338 g/mol. The van der Waals surface area contributed by atoms with Gasteiger partial charge in [-0.1, -0.05) is 15.9 Å². The van der Waals surface area contributed by atoms with Gasteiger partial charge in [0.1, 0.15) is 11.6 Å². The zero-order chi connectivity index (χ0) is 14.5. The molecule has 0 unspecified atom stereocenters. The first kappa shape index (κ1) is 14.5. The van der Waals surface area contributed by atoms with E-state index in [0.29, 0.717) is 17.3 Å². The Bertz CT molecular complexity index is 585. The van der Waals surface area contributed by atoms with Crippen molar-refractivity contribution in [2.24, 2.45) is 0 Å². The maximum Gasteiger partial charge on any atom is 0.237 e. The van der Waals surface area contributed by atoms with E-state index >= 15 is 0 Å². The highest BCUT2D eigenvalue weighted by molar-refractivity contribution is 9.10. The van der Waals surface area contributed by atoms with Gasteiger partial charge >= 0.3 is 0 Å². The van der Waals surface area contributed by atoms with E-state index in [4.69, 9.17) is 4.74 Å². The van der Waals surface area contributed by atoms with Crippen LogP contribution in [0, 0.1) is 5.82 Å². The Hall–Kier alpha value is -1.95. The lowest BCUT2D eigenvalue weighted by Gasteiger charge is -2.08. The molecule has 104 valence electrons. The van der Waals surface area contributed by atoms with Crippen LogP contribution in [0.5, 0.6) is 11.6 Å². The zero-order valence-corrected chi connectivity index (χ0v) is 12.2. The summed E-state index contributed by atoms with van der Waals surface area (Å²) in [5.41, 5.74) is 0.577. The summed E-state index contributed by atoms with van der Waals surface area (Å²) in [4.78, 5) is 15.3. The number of ether oxygens (including phenoxy) is 1. The molecule has 0 aliphatic carbocycles. The van der Waals surface area contributed by atoms with Crippen molar-refractivity contribution in [3.05, 3.63) is 48.4 Å². The van der Waals surface area contributed by atoms with Crippen LogP contribution in [0.4, 0.5) is 10.1 Å². The second-order valence-electron chi connectivity index (χ2n) is 4.05. The van der Waals surface area contributed by atoms with Crippen molar-refractivity contribution in [1.82, 2.24) is 4.98 Å². The molecule has 0 radical (unpaired) electrons. The third-order valence-corrected chi connectivity index (χ3v) is 2.82. The summed E-state index contributed by atoms with van der Waals surface area (Å²) in [5, 5.41) is 2.69. The van der Waals surface area contributed by atoms with Crippen molar-refractivity contribution in [1.29, 1.82) is 0 Å². The summed E-state index contributed by atoms with van der Waals surface area (Å²) < 4.78 is 18.2. The van der Waals surface area contributed by atoms with Crippen LogP contribution < -0.4 is 10.1 Å². The summed E-state index contributed by atoms with van der Waals surface area (Å²) in [7, 11) is 0. The quantitative estimate of drug-likeness (QED) is 0.864. The van der Waals surface area contributed by atoms with Gasteiger partial charge in [-0.3, -0.25) is 4.79 Å². The molecule has 0 aliphatic rings. The molecule has 4 nitrogen and oxygen atoms in total. The molecule has 0 saturated carbocycles. The highest BCUT2D eigenvalue weighted by Gasteiger charge is 2.09. The number of carbonyl (C=O) groups excluding carboxylic acids is 1. The van der Waals surface area contributed by atoms with Crippen LogP contribution in [0.15, 0.2) is 42.6 Å². The second-order valence-corrected chi connectivity index (χ2v) is 5.42. The molecule has 0 saturated heterocycles. The predicted molar refractivity (Wildman–Crippen MR) is 77.7 cm³/mol. The topological polar surface area (TPSA) is 51.2 Å². The number of hydrogen-bond acceptors (Lipinski definition) is 3. The predicted octanol–water partition coefficient (Wildman–Crippen LogP) is 3.73. The van der Waals surface area contributed by atoms with Crippen LogP contribution in [-0.2, 0) is 4.79 Å². The Balaban J connectivity index is 2.01. The van der Waals surface area contributed by atoms with Gasteiger partial charge in [0.05, 0.1) is 16.7 Å². The molecule has 1 atom stereocenters. The Morgan fingerprint density at radius 1 is 1.30 bits per heavy atom. The Morgan fingerprint density at radius 3 is 2.55 bits per heavy atom. The zero-order valence-electron chi connectivity index (χ0n) is 10.6. The van der Waals surface area contributed by atoms with E-state index in [0.717, 1.165) is 0 Å². The van der Waals surface area contributed by atoms with Crippen LogP contribution in [-0.4, -0.2) is 15.7 Å². The van der Waals surface area contributed by atoms with Crippen LogP contribution in [0.25, 0.3) is 0 Å². The molecular formula is C14H12BrFN2O2. The van der Waals surface area contributed by atoms with Crippen molar-refractivity contribution in [3.63, 3.8) is 0 Å². The Labute approximate surface area is 124 Å². The summed E-state index contributed by atoms with van der Waals surface area (Å²) >= 11 is 3.17. The van der Waals surface area contributed by atoms with Crippen molar-refractivity contribution in [3.8, 4) is 11.6 Å². The van der Waals surface area contributed by atoms with Gasteiger partial charge < -0.3 is 10.1 Å². The lowest BCUT2D eigenvalue weighted by Crippen LogP contribution is -2.19. The molecule has 2 rings (SSSR count). The average molecular weight is 339 g/mol. The van der Waals surface area contributed by atoms with Crippen molar-refractivity contribution < 1.29 is 13.9 Å². The number of carbonyl (C=O) groups is 1. The summed E-state index contributed by atoms with van der Waals surface area (Å²) in [6, 6.07) is 8.94. The first-order valence-electron chi connectivity index (χ1n) is 5.89. The number of alkyl halides is 1. The number of amides is 1. The molecule has 1 N–H and O–H groups in total. The van der Waals surface area contributed by atoms with E-state index in [9.17, 15) is 9.18 Å². The fourth-order valence-corrected chi connectivity index (χ4v) is 1.49. The number of benzene rings is 1. The highest BCUT2D eigenvalue weighted by atomic mass is 79.9. The molecule has 20 heavy (non-hydrogen) atoms. The lowest BCUT2D eigenvalue weighted by atomic mass is 10.3. The van der Waals surface area contributed by atoms with Gasteiger partial charge in [0.25, 0.3) is 0 Å². The summed E-state index contributed by atoms with van der Waals surface area (Å²) in [6.07, 6.45) is 1.49. The summed E-state index contributed by atoms with van der Waals surface area (Å²) in [5.74, 6) is 0.373.